The lowest BCUT2D eigenvalue weighted by Crippen LogP contribution is -2.22. The van der Waals surface area contributed by atoms with Crippen LogP contribution in [-0.4, -0.2) is 53.1 Å². The van der Waals surface area contributed by atoms with Crippen LogP contribution in [0.5, 0.6) is 23.0 Å². The molecule has 0 fully saturated rings. The number of urea groups is 1. The number of nitrogens with one attached hydrogen (secondary N) is 3. The number of benzene rings is 4. The van der Waals surface area contributed by atoms with Gasteiger partial charge in [0.1, 0.15) is 22.6 Å². The number of sulfonamides is 1. The summed E-state index contributed by atoms with van der Waals surface area (Å²) in [6, 6.07) is 22.9. The van der Waals surface area contributed by atoms with E-state index >= 15 is 0 Å². The Labute approximate surface area is 322 Å². The first kappa shape index (κ1) is 41.0. The number of carbonyl (C=O) groups excluding carboxylic acids is 1. The number of fused-ring (bicyclic) bond motifs is 1. The molecule has 1 aromatic heterocycles. The number of methoxy groups -OCH3 is 2. The number of hydrogen-bond donors (Lipinski definition) is 3. The smallest absolute Gasteiger partial charge is 0.365 e. The molecular weight excluding hydrogens is 743 g/mol. The summed E-state index contributed by atoms with van der Waals surface area (Å²) in [5.41, 5.74) is 3.04. The molecule has 5 rings (SSSR count). The van der Waals surface area contributed by atoms with E-state index in [1.165, 1.54) is 14.2 Å². The molecule has 3 N–H and O–H groups in total. The van der Waals surface area contributed by atoms with Crippen LogP contribution in [0, 0.1) is 0 Å². The van der Waals surface area contributed by atoms with E-state index in [2.05, 4.69) is 20.3 Å². The van der Waals surface area contributed by atoms with Gasteiger partial charge in [0.2, 0.25) is 10.0 Å². The van der Waals surface area contributed by atoms with E-state index in [9.17, 15) is 17.8 Å². The molecule has 1 heterocycles. The van der Waals surface area contributed by atoms with Gasteiger partial charge < -0.3 is 33.9 Å². The Hall–Kier alpha value is -5.14. The van der Waals surface area contributed by atoms with Crippen LogP contribution in [0.25, 0.3) is 10.8 Å². The standard InChI is InChI=1S/C40H47N4O9PS/c1-9-51-54(46,52-10-2)37-18-15-26(22-36(37)49-6)21-28-25-29(19-20-41-28)53-35-17-16-32(30-13-11-12-14-31(30)35)42-39(45)43-33-23-27(40(3,4)5)24-34(38(33)50-7)44-55(8,47)48/h11-20,22-25,44H,9-10,21H2,1-8H3,(H2,42,43,45). The fourth-order valence-corrected chi connectivity index (χ4v) is 8.19. The summed E-state index contributed by atoms with van der Waals surface area (Å²) in [6.45, 7) is 9.91. The van der Waals surface area contributed by atoms with Crippen LogP contribution in [-0.2, 0) is 35.5 Å². The number of anilines is 3. The van der Waals surface area contributed by atoms with Gasteiger partial charge in [-0.1, -0.05) is 51.1 Å². The summed E-state index contributed by atoms with van der Waals surface area (Å²) in [5.74, 6) is 1.68. The third-order valence-electron chi connectivity index (χ3n) is 8.37. The predicted molar refractivity (Wildman–Crippen MR) is 217 cm³/mol. The Morgan fingerprint density at radius 2 is 1.47 bits per heavy atom. The number of nitrogens with zero attached hydrogens (tertiary/aromatic N) is 1. The fraction of sp³-hybridized carbons (Fsp3) is 0.300. The third-order valence-corrected chi connectivity index (χ3v) is 11.1. The molecule has 13 nitrogen and oxygen atoms in total. The lowest BCUT2D eigenvalue weighted by Gasteiger charge is -2.24. The summed E-state index contributed by atoms with van der Waals surface area (Å²) in [6.07, 6.45) is 3.15. The Morgan fingerprint density at radius 1 is 0.800 bits per heavy atom. The summed E-state index contributed by atoms with van der Waals surface area (Å²) in [5, 5.41) is 7.60. The molecule has 0 atom stereocenters. The number of pyridine rings is 1. The molecule has 0 radical (unpaired) electrons. The summed E-state index contributed by atoms with van der Waals surface area (Å²) >= 11 is 0. The van der Waals surface area contributed by atoms with Crippen LogP contribution in [0.4, 0.5) is 21.9 Å². The minimum atomic E-state index is -3.64. The van der Waals surface area contributed by atoms with Crippen molar-refractivity contribution in [2.45, 2.75) is 46.5 Å². The lowest BCUT2D eigenvalue weighted by atomic mass is 9.86. The van der Waals surface area contributed by atoms with Crippen LogP contribution in [0.15, 0.2) is 85.1 Å². The highest BCUT2D eigenvalue weighted by Crippen LogP contribution is 2.49. The molecule has 15 heteroatoms. The van der Waals surface area contributed by atoms with Gasteiger partial charge in [0, 0.05) is 35.2 Å². The maximum Gasteiger partial charge on any atom is 0.365 e. The Bertz CT molecular complexity index is 2340. The second kappa shape index (κ2) is 17.1. The molecule has 0 saturated heterocycles. The molecule has 0 aliphatic heterocycles. The minimum Gasteiger partial charge on any atom is -0.496 e. The molecule has 5 aromatic rings. The van der Waals surface area contributed by atoms with E-state index in [1.54, 1.807) is 62.5 Å². The number of ether oxygens (including phenoxy) is 3. The number of aromatic nitrogens is 1. The van der Waals surface area contributed by atoms with E-state index in [1.807, 2.05) is 57.2 Å². The minimum absolute atomic E-state index is 0.170. The molecule has 2 amide bonds. The van der Waals surface area contributed by atoms with Gasteiger partial charge in [-0.2, -0.15) is 0 Å². The first-order chi connectivity index (χ1) is 26.1. The highest BCUT2D eigenvalue weighted by molar-refractivity contribution is 7.92. The van der Waals surface area contributed by atoms with Gasteiger partial charge in [-0.15, -0.1) is 0 Å². The van der Waals surface area contributed by atoms with Crippen molar-refractivity contribution in [1.82, 2.24) is 4.98 Å². The average molecular weight is 791 g/mol. The molecule has 4 aromatic carbocycles. The van der Waals surface area contributed by atoms with Crippen LogP contribution in [0.2, 0.25) is 0 Å². The SMILES string of the molecule is CCOP(=O)(OCC)c1ccc(Cc2cc(Oc3ccc(NC(=O)Nc4cc(C(C)(C)C)cc(NS(C)(=O)=O)c4OC)c4ccccc34)ccn2)cc1OC. The maximum atomic E-state index is 13.5. The molecule has 0 saturated carbocycles. The summed E-state index contributed by atoms with van der Waals surface area (Å²) in [4.78, 5) is 18.0. The third kappa shape index (κ3) is 10.1. The molecule has 0 bridgehead atoms. The lowest BCUT2D eigenvalue weighted by molar-refractivity contribution is 0.229. The number of amides is 2. The number of rotatable bonds is 15. The zero-order valence-electron chi connectivity index (χ0n) is 32.2. The second-order valence-corrected chi connectivity index (χ2v) is 17.3. The van der Waals surface area contributed by atoms with Crippen LogP contribution in [0.1, 0.15) is 51.4 Å². The van der Waals surface area contributed by atoms with Crippen LogP contribution < -0.4 is 34.9 Å². The molecule has 0 aliphatic rings. The predicted octanol–water partition coefficient (Wildman–Crippen LogP) is 8.84. The molecule has 292 valence electrons. The summed E-state index contributed by atoms with van der Waals surface area (Å²) < 4.78 is 68.8. The van der Waals surface area contributed by atoms with E-state index in [-0.39, 0.29) is 30.1 Å². The van der Waals surface area contributed by atoms with Gasteiger partial charge in [-0.05, 0) is 72.9 Å². The van der Waals surface area contributed by atoms with Crippen molar-refractivity contribution in [1.29, 1.82) is 0 Å². The van der Waals surface area contributed by atoms with E-state index in [0.29, 0.717) is 40.3 Å². The Kier molecular flexibility index (Phi) is 12.8. The number of hydrogen-bond acceptors (Lipinski definition) is 10. The maximum absolute atomic E-state index is 13.5. The molecular formula is C40H47N4O9PS. The quantitative estimate of drug-likeness (QED) is 0.0874. The zero-order chi connectivity index (χ0) is 40.0. The average Bonchev–Trinajstić information content (AvgIpc) is 3.12. The highest BCUT2D eigenvalue weighted by Gasteiger charge is 2.31. The van der Waals surface area contributed by atoms with Crippen molar-refractivity contribution in [2.24, 2.45) is 0 Å². The first-order valence-electron chi connectivity index (χ1n) is 17.6. The van der Waals surface area contributed by atoms with Gasteiger partial charge in [-0.3, -0.25) is 14.3 Å². The van der Waals surface area contributed by atoms with E-state index < -0.39 is 23.7 Å². The van der Waals surface area contributed by atoms with Crippen molar-refractivity contribution >= 4 is 56.8 Å². The number of carbonyl (C=O) groups is 1. The van der Waals surface area contributed by atoms with Crippen molar-refractivity contribution in [3.05, 3.63) is 102 Å². The van der Waals surface area contributed by atoms with Crippen molar-refractivity contribution in [2.75, 3.05) is 49.0 Å². The van der Waals surface area contributed by atoms with E-state index in [4.69, 9.17) is 23.3 Å². The second-order valence-electron chi connectivity index (χ2n) is 13.6. The molecule has 0 unspecified atom stereocenters. The monoisotopic (exact) mass is 790 g/mol. The van der Waals surface area contributed by atoms with Crippen LogP contribution in [0.3, 0.4) is 0 Å². The first-order valence-corrected chi connectivity index (χ1v) is 21.0. The van der Waals surface area contributed by atoms with Gasteiger partial charge in [-0.25, -0.2) is 13.2 Å². The van der Waals surface area contributed by atoms with Crippen molar-refractivity contribution < 1.29 is 41.0 Å². The Morgan fingerprint density at radius 3 is 2.11 bits per heavy atom. The normalized spacial score (nSPS) is 11.9. The highest BCUT2D eigenvalue weighted by atomic mass is 32.2. The van der Waals surface area contributed by atoms with Crippen molar-refractivity contribution in [3.63, 3.8) is 0 Å². The molecule has 55 heavy (non-hydrogen) atoms. The van der Waals surface area contributed by atoms with E-state index in [0.717, 1.165) is 33.8 Å². The topological polar surface area (TPSA) is 163 Å². The largest absolute Gasteiger partial charge is 0.496 e. The van der Waals surface area contributed by atoms with Gasteiger partial charge in [0.25, 0.3) is 0 Å². The van der Waals surface area contributed by atoms with Crippen LogP contribution >= 0.6 is 7.60 Å². The van der Waals surface area contributed by atoms with Gasteiger partial charge in [0.15, 0.2) is 5.75 Å². The molecule has 0 spiro atoms. The summed E-state index contributed by atoms with van der Waals surface area (Å²) in [7, 11) is -4.28. The van der Waals surface area contributed by atoms with Crippen molar-refractivity contribution in [3.8, 4) is 23.0 Å². The fourth-order valence-electron chi connectivity index (χ4n) is 5.92. The zero-order valence-corrected chi connectivity index (χ0v) is 33.9. The van der Waals surface area contributed by atoms with Gasteiger partial charge in [0.05, 0.1) is 50.8 Å². The Balaban J connectivity index is 1.37. The molecule has 0 aliphatic carbocycles. The van der Waals surface area contributed by atoms with Gasteiger partial charge >= 0.3 is 13.6 Å².